The van der Waals surface area contributed by atoms with E-state index < -0.39 is 0 Å². The third-order valence-electron chi connectivity index (χ3n) is 4.66. The molecule has 3 rings (SSSR count). The van der Waals surface area contributed by atoms with Crippen molar-refractivity contribution in [1.82, 2.24) is 20.1 Å². The number of ketones is 1. The van der Waals surface area contributed by atoms with Crippen molar-refractivity contribution in [2.45, 2.75) is 45.4 Å². The molecule has 0 saturated carbocycles. The maximum absolute atomic E-state index is 12.3. The van der Waals surface area contributed by atoms with Gasteiger partial charge in [0.25, 0.3) is 0 Å². The van der Waals surface area contributed by atoms with Gasteiger partial charge in [-0.1, -0.05) is 0 Å². The van der Waals surface area contributed by atoms with Gasteiger partial charge in [-0.3, -0.25) is 14.9 Å². The van der Waals surface area contributed by atoms with E-state index in [0.717, 1.165) is 47.1 Å². The van der Waals surface area contributed by atoms with Crippen LogP contribution in [0.2, 0.25) is 0 Å². The standard InChI is InChI=1S/C18H25N5O2S.ClH/c1-11-10-14(12(2)26-11)15(24)4-5-16(25)20-18-21-17(22-23(18)3)13-6-8-19-9-7-13;/h10,13,19H,4-9H2,1-3H3,(H,20,21,22,25);1H. The zero-order valence-corrected chi connectivity index (χ0v) is 17.5. The second-order valence-electron chi connectivity index (χ2n) is 6.74. The molecule has 0 unspecified atom stereocenters. The Morgan fingerprint density at radius 1 is 1.30 bits per heavy atom. The van der Waals surface area contributed by atoms with E-state index in [0.29, 0.717) is 11.9 Å². The highest BCUT2D eigenvalue weighted by Crippen LogP contribution is 2.24. The number of carbonyl (C=O) groups excluding carboxylic acids is 2. The lowest BCUT2D eigenvalue weighted by Gasteiger charge is -2.19. The summed E-state index contributed by atoms with van der Waals surface area (Å²) in [5.74, 6) is 1.36. The first-order valence-electron chi connectivity index (χ1n) is 8.95. The van der Waals surface area contributed by atoms with Crippen LogP contribution in [0.15, 0.2) is 6.07 Å². The van der Waals surface area contributed by atoms with Crippen LogP contribution < -0.4 is 10.6 Å². The quantitative estimate of drug-likeness (QED) is 0.713. The molecule has 0 bridgehead atoms. The van der Waals surface area contributed by atoms with Crippen molar-refractivity contribution in [3.05, 3.63) is 27.2 Å². The van der Waals surface area contributed by atoms with Gasteiger partial charge in [0.2, 0.25) is 11.9 Å². The van der Waals surface area contributed by atoms with Crippen molar-refractivity contribution < 1.29 is 9.59 Å². The Bertz CT molecular complexity index is 811. The number of amides is 1. The summed E-state index contributed by atoms with van der Waals surface area (Å²) in [6.07, 6.45) is 2.35. The number of aromatic nitrogens is 3. The van der Waals surface area contributed by atoms with Crippen LogP contribution in [0.4, 0.5) is 5.95 Å². The number of anilines is 1. The lowest BCUT2D eigenvalue weighted by molar-refractivity contribution is -0.116. The van der Waals surface area contributed by atoms with Crippen molar-refractivity contribution in [3.8, 4) is 0 Å². The minimum absolute atomic E-state index is 0. The normalized spacial score (nSPS) is 14.6. The number of nitrogens with zero attached hydrogens (tertiary/aromatic N) is 3. The lowest BCUT2D eigenvalue weighted by atomic mass is 9.98. The molecule has 7 nitrogen and oxygen atoms in total. The van der Waals surface area contributed by atoms with Gasteiger partial charge in [-0.15, -0.1) is 23.7 Å². The van der Waals surface area contributed by atoms with Gasteiger partial charge >= 0.3 is 0 Å². The SMILES string of the molecule is Cc1cc(C(=O)CCC(=O)Nc2nc(C3CCNCC3)nn2C)c(C)s1.Cl. The fourth-order valence-corrected chi connectivity index (χ4v) is 4.17. The van der Waals surface area contributed by atoms with Gasteiger partial charge in [-0.2, -0.15) is 10.1 Å². The second kappa shape index (κ2) is 9.43. The Labute approximate surface area is 169 Å². The van der Waals surface area contributed by atoms with Crippen LogP contribution in [-0.2, 0) is 11.8 Å². The summed E-state index contributed by atoms with van der Waals surface area (Å²) in [6.45, 7) is 5.85. The Kier molecular flexibility index (Phi) is 7.52. The van der Waals surface area contributed by atoms with Crippen LogP contribution in [-0.4, -0.2) is 39.5 Å². The molecule has 2 aromatic rings. The Balaban J connectivity index is 0.00000261. The van der Waals surface area contributed by atoms with E-state index >= 15 is 0 Å². The number of piperidine rings is 1. The third-order valence-corrected chi connectivity index (χ3v) is 5.62. The summed E-state index contributed by atoms with van der Waals surface area (Å²) in [7, 11) is 1.77. The highest BCUT2D eigenvalue weighted by atomic mass is 35.5. The highest BCUT2D eigenvalue weighted by molar-refractivity contribution is 7.12. The summed E-state index contributed by atoms with van der Waals surface area (Å²) in [6, 6.07) is 1.90. The Morgan fingerprint density at radius 2 is 2.00 bits per heavy atom. The van der Waals surface area contributed by atoms with E-state index in [1.807, 2.05) is 19.9 Å². The molecule has 0 aromatic carbocycles. The molecule has 1 aliphatic heterocycles. The number of Topliss-reactive ketones (excluding diaryl/α,β-unsaturated/α-hetero) is 1. The summed E-state index contributed by atoms with van der Waals surface area (Å²) in [5, 5.41) is 10.5. The smallest absolute Gasteiger partial charge is 0.227 e. The number of thiophene rings is 1. The van der Waals surface area contributed by atoms with E-state index in [1.54, 1.807) is 23.1 Å². The fraction of sp³-hybridized carbons (Fsp3) is 0.556. The number of aryl methyl sites for hydroxylation is 3. The molecule has 0 radical (unpaired) electrons. The maximum atomic E-state index is 12.3. The molecule has 0 atom stereocenters. The average Bonchev–Trinajstić information content (AvgIpc) is 3.15. The molecule has 1 amide bonds. The summed E-state index contributed by atoms with van der Waals surface area (Å²) in [5.41, 5.74) is 0.729. The van der Waals surface area contributed by atoms with Gasteiger partial charge < -0.3 is 5.32 Å². The molecule has 2 aromatic heterocycles. The second-order valence-corrected chi connectivity index (χ2v) is 8.20. The number of nitrogens with one attached hydrogen (secondary N) is 2. The zero-order valence-electron chi connectivity index (χ0n) is 15.9. The summed E-state index contributed by atoms with van der Waals surface area (Å²) < 4.78 is 1.60. The number of halogens is 1. The minimum atomic E-state index is -0.213. The summed E-state index contributed by atoms with van der Waals surface area (Å²) >= 11 is 1.61. The Hall–Kier alpha value is -1.77. The molecule has 0 aliphatic carbocycles. The van der Waals surface area contributed by atoms with E-state index in [2.05, 4.69) is 20.7 Å². The van der Waals surface area contributed by atoms with Crippen LogP contribution >= 0.6 is 23.7 Å². The molecule has 148 valence electrons. The first kappa shape index (κ1) is 21.5. The number of hydrogen-bond donors (Lipinski definition) is 2. The van der Waals surface area contributed by atoms with Crippen molar-refractivity contribution in [1.29, 1.82) is 0 Å². The van der Waals surface area contributed by atoms with E-state index in [9.17, 15) is 9.59 Å². The first-order valence-corrected chi connectivity index (χ1v) is 9.77. The van der Waals surface area contributed by atoms with Gasteiger partial charge in [-0.05, 0) is 45.8 Å². The zero-order chi connectivity index (χ0) is 18.7. The molecule has 1 fully saturated rings. The van der Waals surface area contributed by atoms with Crippen LogP contribution in [0.3, 0.4) is 0 Å². The molecule has 9 heteroatoms. The molecule has 27 heavy (non-hydrogen) atoms. The largest absolute Gasteiger partial charge is 0.317 e. The fourth-order valence-electron chi connectivity index (χ4n) is 3.22. The van der Waals surface area contributed by atoms with Crippen LogP contribution in [0.1, 0.15) is 57.5 Å². The van der Waals surface area contributed by atoms with Gasteiger partial charge in [-0.25, -0.2) is 4.68 Å². The summed E-state index contributed by atoms with van der Waals surface area (Å²) in [4.78, 5) is 31.1. The maximum Gasteiger partial charge on any atom is 0.227 e. The monoisotopic (exact) mass is 411 g/mol. The van der Waals surface area contributed by atoms with Crippen LogP contribution in [0, 0.1) is 13.8 Å². The van der Waals surface area contributed by atoms with E-state index in [4.69, 9.17) is 0 Å². The molecular weight excluding hydrogens is 386 g/mol. The third kappa shape index (κ3) is 5.37. The van der Waals surface area contributed by atoms with Gasteiger partial charge in [0.15, 0.2) is 11.6 Å². The molecule has 1 aliphatic rings. The molecule has 3 heterocycles. The molecule has 0 spiro atoms. The van der Waals surface area contributed by atoms with Crippen molar-refractivity contribution in [2.24, 2.45) is 7.05 Å². The van der Waals surface area contributed by atoms with Gasteiger partial charge in [0.05, 0.1) is 0 Å². The molecule has 2 N–H and O–H groups in total. The van der Waals surface area contributed by atoms with Gasteiger partial charge in [0.1, 0.15) is 0 Å². The lowest BCUT2D eigenvalue weighted by Crippen LogP contribution is -2.27. The van der Waals surface area contributed by atoms with E-state index in [1.165, 1.54) is 0 Å². The predicted octanol–water partition coefficient (Wildman–Crippen LogP) is 2.98. The van der Waals surface area contributed by atoms with Crippen molar-refractivity contribution in [3.63, 3.8) is 0 Å². The van der Waals surface area contributed by atoms with Crippen molar-refractivity contribution in [2.75, 3.05) is 18.4 Å². The van der Waals surface area contributed by atoms with Crippen molar-refractivity contribution >= 4 is 41.4 Å². The van der Waals surface area contributed by atoms with Gasteiger partial charge in [0, 0.05) is 41.1 Å². The van der Waals surface area contributed by atoms with E-state index in [-0.39, 0.29) is 36.9 Å². The highest BCUT2D eigenvalue weighted by Gasteiger charge is 2.21. The topological polar surface area (TPSA) is 88.9 Å². The number of carbonyl (C=O) groups is 2. The number of rotatable bonds is 6. The molecule has 1 saturated heterocycles. The average molecular weight is 412 g/mol. The Morgan fingerprint density at radius 3 is 2.63 bits per heavy atom. The minimum Gasteiger partial charge on any atom is -0.317 e. The first-order chi connectivity index (χ1) is 12.4. The predicted molar refractivity (Wildman–Crippen MR) is 109 cm³/mol. The molecular formula is C18H26ClN5O2S. The van der Waals surface area contributed by atoms with Crippen LogP contribution in [0.5, 0.6) is 0 Å². The number of hydrogen-bond acceptors (Lipinski definition) is 6. The van der Waals surface area contributed by atoms with Crippen LogP contribution in [0.25, 0.3) is 0 Å².